The van der Waals surface area contributed by atoms with Gasteiger partial charge in [-0.15, -0.1) is 11.3 Å². The molecule has 1 aliphatic heterocycles. The van der Waals surface area contributed by atoms with Gasteiger partial charge in [0.1, 0.15) is 10.5 Å². The summed E-state index contributed by atoms with van der Waals surface area (Å²) in [7, 11) is 0. The number of hydrogen-bond acceptors (Lipinski definition) is 5. The van der Waals surface area contributed by atoms with Crippen LogP contribution in [0.25, 0.3) is 21.3 Å². The smallest absolute Gasteiger partial charge is 0.270 e. The third-order valence-corrected chi connectivity index (χ3v) is 6.87. The molecule has 0 radical (unpaired) electrons. The van der Waals surface area contributed by atoms with Gasteiger partial charge < -0.3 is 9.88 Å². The number of likely N-dealkylation sites (tertiary alicyclic amines) is 1. The van der Waals surface area contributed by atoms with Crippen molar-refractivity contribution in [2.24, 2.45) is 0 Å². The van der Waals surface area contributed by atoms with Crippen molar-refractivity contribution in [3.8, 4) is 11.1 Å². The van der Waals surface area contributed by atoms with Gasteiger partial charge in [0, 0.05) is 35.3 Å². The number of nitrogens with one attached hydrogen (secondary N) is 1. The van der Waals surface area contributed by atoms with Gasteiger partial charge in [-0.25, -0.2) is 4.98 Å². The number of amides is 1. The zero-order valence-electron chi connectivity index (χ0n) is 17.6. The third kappa shape index (κ3) is 3.56. The van der Waals surface area contributed by atoms with Crippen LogP contribution >= 0.6 is 11.3 Å². The van der Waals surface area contributed by atoms with Crippen molar-refractivity contribution in [1.29, 1.82) is 0 Å². The number of hydrogen-bond donors (Lipinski definition) is 1. The molecular formula is C24H22N4O3S. The highest BCUT2D eigenvalue weighted by Crippen LogP contribution is 2.35. The van der Waals surface area contributed by atoms with E-state index >= 15 is 0 Å². The molecule has 7 nitrogen and oxygen atoms in total. The fourth-order valence-electron chi connectivity index (χ4n) is 4.22. The number of carbonyl (C=O) groups is 2. The Kier molecular flexibility index (Phi) is 5.22. The lowest BCUT2D eigenvalue weighted by molar-refractivity contribution is 0.0787. The zero-order valence-corrected chi connectivity index (χ0v) is 18.4. The molecule has 0 saturated carbocycles. The van der Waals surface area contributed by atoms with Gasteiger partial charge in [-0.2, -0.15) is 0 Å². The molecule has 3 aromatic heterocycles. The molecule has 0 spiro atoms. The van der Waals surface area contributed by atoms with Crippen LogP contribution in [0.3, 0.4) is 0 Å². The Hall–Kier alpha value is -3.52. The molecule has 1 saturated heterocycles. The van der Waals surface area contributed by atoms with E-state index in [0.717, 1.165) is 41.9 Å². The number of ketones is 1. The first-order chi connectivity index (χ1) is 15.5. The summed E-state index contributed by atoms with van der Waals surface area (Å²) in [4.78, 5) is 49.5. The fraction of sp³-hybridized carbons (Fsp3) is 0.250. The second-order valence-electron chi connectivity index (χ2n) is 7.98. The number of H-pyrrole nitrogens is 1. The number of fused-ring (bicyclic) bond motifs is 1. The Bertz CT molecular complexity index is 1380. The molecule has 1 N–H and O–H groups in total. The van der Waals surface area contributed by atoms with E-state index in [2.05, 4.69) is 9.97 Å². The molecule has 0 atom stereocenters. The summed E-state index contributed by atoms with van der Waals surface area (Å²) >= 11 is 1.47. The Morgan fingerprint density at radius 2 is 1.91 bits per heavy atom. The number of aromatic nitrogens is 3. The van der Waals surface area contributed by atoms with Gasteiger partial charge in [-0.05, 0) is 31.4 Å². The molecule has 1 fully saturated rings. The van der Waals surface area contributed by atoms with E-state index < -0.39 is 0 Å². The predicted octanol–water partition coefficient (Wildman–Crippen LogP) is 3.88. The zero-order chi connectivity index (χ0) is 22.2. The minimum atomic E-state index is -0.252. The lowest BCUT2D eigenvalue weighted by Crippen LogP contribution is -2.27. The number of rotatable bonds is 5. The third-order valence-electron chi connectivity index (χ3n) is 5.86. The number of aryl methyl sites for hydroxylation is 1. The van der Waals surface area contributed by atoms with E-state index in [0.29, 0.717) is 21.5 Å². The van der Waals surface area contributed by atoms with Gasteiger partial charge in [-0.3, -0.25) is 19.0 Å². The van der Waals surface area contributed by atoms with Crippen LogP contribution in [-0.2, 0) is 6.54 Å². The van der Waals surface area contributed by atoms with Crippen LogP contribution in [0.2, 0.25) is 0 Å². The summed E-state index contributed by atoms with van der Waals surface area (Å²) in [6.07, 6.45) is 4.97. The van der Waals surface area contributed by atoms with Gasteiger partial charge >= 0.3 is 0 Å². The van der Waals surface area contributed by atoms with Crippen LogP contribution in [0.1, 0.15) is 38.6 Å². The number of nitrogens with zero attached hydrogens (tertiary/aromatic N) is 3. The highest BCUT2D eigenvalue weighted by atomic mass is 32.1. The van der Waals surface area contributed by atoms with Crippen molar-refractivity contribution in [3.63, 3.8) is 0 Å². The van der Waals surface area contributed by atoms with Crippen LogP contribution in [0, 0.1) is 6.92 Å². The molecule has 32 heavy (non-hydrogen) atoms. The molecular weight excluding hydrogens is 424 g/mol. The highest BCUT2D eigenvalue weighted by molar-refractivity contribution is 7.19. The minimum Gasteiger partial charge on any atom is -0.356 e. The summed E-state index contributed by atoms with van der Waals surface area (Å²) in [5.41, 5.74) is 2.36. The van der Waals surface area contributed by atoms with Crippen molar-refractivity contribution >= 4 is 33.2 Å². The Balaban J connectivity index is 1.45. The Morgan fingerprint density at radius 1 is 1.16 bits per heavy atom. The second-order valence-corrected chi connectivity index (χ2v) is 9.18. The number of Topliss-reactive ketones (excluding diaryl/α,β-unsaturated/α-hetero) is 1. The van der Waals surface area contributed by atoms with Crippen LogP contribution < -0.4 is 5.56 Å². The van der Waals surface area contributed by atoms with E-state index in [1.165, 1.54) is 28.4 Å². The van der Waals surface area contributed by atoms with Crippen LogP contribution in [0.5, 0.6) is 0 Å². The summed E-state index contributed by atoms with van der Waals surface area (Å²) in [5, 5.41) is 0.535. The Labute approximate surface area is 188 Å². The molecule has 1 amide bonds. The number of carbonyl (C=O) groups excluding carboxylic acids is 2. The molecule has 5 rings (SSSR count). The molecule has 4 aromatic rings. The number of benzene rings is 1. The molecule has 162 valence electrons. The van der Waals surface area contributed by atoms with Crippen LogP contribution in [-0.4, -0.2) is 44.2 Å². The predicted molar refractivity (Wildman–Crippen MR) is 124 cm³/mol. The Morgan fingerprint density at radius 3 is 2.66 bits per heavy atom. The van der Waals surface area contributed by atoms with E-state index in [9.17, 15) is 14.4 Å². The molecule has 1 aliphatic rings. The first-order valence-electron chi connectivity index (χ1n) is 10.6. The monoisotopic (exact) mass is 446 g/mol. The van der Waals surface area contributed by atoms with Crippen LogP contribution in [0.15, 0.2) is 53.7 Å². The maximum Gasteiger partial charge on any atom is 0.270 e. The van der Waals surface area contributed by atoms with Crippen molar-refractivity contribution in [2.75, 3.05) is 13.1 Å². The van der Waals surface area contributed by atoms with Gasteiger partial charge in [0.2, 0.25) is 0 Å². The first kappa shape index (κ1) is 20.4. The standard InChI is InChI=1S/C24H22N4O3S/c1-15-20(16-7-3-2-4-8-16)21-22(32-15)26-14-28(24(21)31)13-19(29)17-11-18(25-12-17)23(30)27-9-5-6-10-27/h2-4,7-8,11-12,14,25H,5-6,9-10,13H2,1H3. The van der Waals surface area contributed by atoms with Crippen molar-refractivity contribution in [1.82, 2.24) is 19.4 Å². The van der Waals surface area contributed by atoms with Gasteiger partial charge in [-0.1, -0.05) is 30.3 Å². The quantitative estimate of drug-likeness (QED) is 0.471. The average molecular weight is 447 g/mol. The lowest BCUT2D eigenvalue weighted by atomic mass is 10.0. The van der Waals surface area contributed by atoms with E-state index in [1.54, 1.807) is 11.0 Å². The first-order valence-corrected chi connectivity index (χ1v) is 11.4. The fourth-order valence-corrected chi connectivity index (χ4v) is 5.22. The van der Waals surface area contributed by atoms with E-state index in [4.69, 9.17) is 0 Å². The summed E-state index contributed by atoms with van der Waals surface area (Å²) in [6, 6.07) is 11.3. The molecule has 8 heteroatoms. The SMILES string of the molecule is Cc1sc2ncn(CC(=O)c3c[nH]c(C(=O)N4CCCC4)c3)c(=O)c2c1-c1ccccc1. The summed E-state index contributed by atoms with van der Waals surface area (Å²) < 4.78 is 1.35. The molecule has 0 aliphatic carbocycles. The topological polar surface area (TPSA) is 88.1 Å². The highest BCUT2D eigenvalue weighted by Gasteiger charge is 2.22. The molecule has 1 aromatic carbocycles. The summed E-state index contributed by atoms with van der Waals surface area (Å²) in [6.45, 7) is 3.32. The van der Waals surface area contributed by atoms with E-state index in [1.807, 2.05) is 37.3 Å². The second kappa shape index (κ2) is 8.20. The van der Waals surface area contributed by atoms with Crippen LogP contribution in [0.4, 0.5) is 0 Å². The number of aromatic amines is 1. The maximum absolute atomic E-state index is 13.3. The normalized spacial score (nSPS) is 13.7. The molecule has 0 bridgehead atoms. The largest absolute Gasteiger partial charge is 0.356 e. The van der Waals surface area contributed by atoms with Crippen molar-refractivity contribution in [3.05, 3.63) is 75.4 Å². The summed E-state index contributed by atoms with van der Waals surface area (Å²) in [5.74, 6) is -0.346. The molecule has 4 heterocycles. The van der Waals surface area contributed by atoms with Gasteiger partial charge in [0.05, 0.1) is 18.3 Å². The molecule has 0 unspecified atom stereocenters. The average Bonchev–Trinajstić information content (AvgIpc) is 3.55. The minimum absolute atomic E-state index is 0.0944. The van der Waals surface area contributed by atoms with Gasteiger partial charge in [0.15, 0.2) is 5.78 Å². The van der Waals surface area contributed by atoms with Crippen molar-refractivity contribution < 1.29 is 9.59 Å². The number of thiophene rings is 1. The van der Waals surface area contributed by atoms with Crippen molar-refractivity contribution in [2.45, 2.75) is 26.3 Å². The van der Waals surface area contributed by atoms with E-state index in [-0.39, 0.29) is 23.8 Å². The maximum atomic E-state index is 13.3. The van der Waals surface area contributed by atoms with Gasteiger partial charge in [0.25, 0.3) is 11.5 Å². The lowest BCUT2D eigenvalue weighted by Gasteiger charge is -2.13.